The van der Waals surface area contributed by atoms with Gasteiger partial charge in [-0.15, -0.1) is 11.3 Å². The van der Waals surface area contributed by atoms with Crippen molar-refractivity contribution in [2.45, 2.75) is 37.6 Å². The van der Waals surface area contributed by atoms with Crippen molar-refractivity contribution in [2.24, 2.45) is 0 Å². The minimum atomic E-state index is -0.544. The maximum Gasteiger partial charge on any atom is 0.416 e. The van der Waals surface area contributed by atoms with E-state index in [1.165, 1.54) is 39.9 Å². The van der Waals surface area contributed by atoms with E-state index in [0.29, 0.717) is 6.54 Å². The number of thiophene rings is 1. The lowest BCUT2D eigenvalue weighted by Gasteiger charge is -2.13. The summed E-state index contributed by atoms with van der Waals surface area (Å²) >= 11 is 3.15. The van der Waals surface area contributed by atoms with Crippen LogP contribution in [0.4, 0.5) is 4.79 Å². The monoisotopic (exact) mass is 363 g/mol. The van der Waals surface area contributed by atoms with E-state index in [1.807, 2.05) is 6.92 Å². The second-order valence-electron chi connectivity index (χ2n) is 5.92. The Hall–Kier alpha value is -1.67. The molecule has 1 aliphatic heterocycles. The van der Waals surface area contributed by atoms with Crippen molar-refractivity contribution in [1.29, 1.82) is 0 Å². The van der Waals surface area contributed by atoms with Crippen LogP contribution in [0.3, 0.4) is 0 Å². The number of ether oxygens (including phenoxy) is 1. The summed E-state index contributed by atoms with van der Waals surface area (Å²) in [6, 6.07) is 0. The molecule has 0 radical (unpaired) electrons. The van der Waals surface area contributed by atoms with Crippen LogP contribution in [0.5, 0.6) is 0 Å². The summed E-state index contributed by atoms with van der Waals surface area (Å²) in [4.78, 5) is 36.5. The van der Waals surface area contributed by atoms with Gasteiger partial charge < -0.3 is 4.74 Å². The second-order valence-corrected chi connectivity index (χ2v) is 7.96. The van der Waals surface area contributed by atoms with Crippen LogP contribution in [0.15, 0.2) is 5.03 Å². The van der Waals surface area contributed by atoms with E-state index in [0.717, 1.165) is 33.9 Å². The predicted molar refractivity (Wildman–Crippen MR) is 92.6 cm³/mol. The number of thioether (sulfide) groups is 1. The van der Waals surface area contributed by atoms with E-state index in [2.05, 4.69) is 9.97 Å². The van der Waals surface area contributed by atoms with Crippen LogP contribution in [0, 0.1) is 6.92 Å². The van der Waals surface area contributed by atoms with Crippen molar-refractivity contribution >= 4 is 45.3 Å². The number of carbonyl (C=O) groups excluding carboxylic acids is 2. The smallest absolute Gasteiger partial charge is 0.416 e. The Balaban J connectivity index is 1.62. The van der Waals surface area contributed by atoms with Crippen LogP contribution in [-0.4, -0.2) is 45.8 Å². The molecular weight excluding hydrogens is 346 g/mol. The number of cyclic esters (lactones) is 1. The first kappa shape index (κ1) is 15.8. The normalized spacial score (nSPS) is 17.2. The zero-order chi connectivity index (χ0) is 16.7. The van der Waals surface area contributed by atoms with E-state index in [1.54, 1.807) is 11.3 Å². The molecule has 8 heteroatoms. The fourth-order valence-corrected chi connectivity index (χ4v) is 5.51. The lowest BCUT2D eigenvalue weighted by molar-refractivity contribution is -0.125. The maximum absolute atomic E-state index is 12.2. The molecule has 0 spiro atoms. The van der Waals surface area contributed by atoms with Gasteiger partial charge in [-0.1, -0.05) is 11.8 Å². The predicted octanol–water partition coefficient (Wildman–Crippen LogP) is 2.95. The molecule has 1 aliphatic carbocycles. The number of imide groups is 1. The minimum absolute atomic E-state index is 0.186. The molecule has 2 aliphatic rings. The quantitative estimate of drug-likeness (QED) is 0.617. The Labute approximate surface area is 147 Å². The maximum atomic E-state index is 12.2. The Bertz CT molecular complexity index is 834. The molecule has 4 rings (SSSR count). The molecule has 2 aromatic heterocycles. The summed E-state index contributed by atoms with van der Waals surface area (Å²) in [5, 5.41) is 1.97. The van der Waals surface area contributed by atoms with E-state index >= 15 is 0 Å². The standard InChI is InChI=1S/C16H17N3O3S2/c1-9-17-14(23-8-12(20)19-6-7-22-16(19)21)13-10-4-2-3-5-11(10)24-15(13)18-9/h2-8H2,1H3. The third-order valence-corrected chi connectivity index (χ3v) is 6.43. The van der Waals surface area contributed by atoms with Gasteiger partial charge in [-0.3, -0.25) is 4.79 Å². The highest BCUT2D eigenvalue weighted by atomic mass is 32.2. The SMILES string of the molecule is Cc1nc(SCC(=O)N2CCOC2=O)c2c3c(sc2n1)CCCC3. The van der Waals surface area contributed by atoms with Gasteiger partial charge in [0.25, 0.3) is 0 Å². The molecule has 1 saturated heterocycles. The van der Waals surface area contributed by atoms with Crippen molar-refractivity contribution < 1.29 is 14.3 Å². The first-order chi connectivity index (χ1) is 11.6. The largest absolute Gasteiger partial charge is 0.447 e. The molecule has 0 bridgehead atoms. The summed E-state index contributed by atoms with van der Waals surface area (Å²) in [6.45, 7) is 2.50. The van der Waals surface area contributed by atoms with Gasteiger partial charge in [0.05, 0.1) is 12.3 Å². The Morgan fingerprint density at radius 3 is 2.96 bits per heavy atom. The van der Waals surface area contributed by atoms with Crippen molar-refractivity contribution in [3.05, 3.63) is 16.3 Å². The van der Waals surface area contributed by atoms with Gasteiger partial charge in [0.15, 0.2) is 0 Å². The molecule has 0 unspecified atom stereocenters. The van der Waals surface area contributed by atoms with Crippen molar-refractivity contribution in [2.75, 3.05) is 18.9 Å². The van der Waals surface area contributed by atoms with Crippen LogP contribution in [0.25, 0.3) is 10.2 Å². The molecule has 126 valence electrons. The van der Waals surface area contributed by atoms with E-state index < -0.39 is 6.09 Å². The van der Waals surface area contributed by atoms with E-state index in [4.69, 9.17) is 4.74 Å². The molecule has 1 fully saturated rings. The van der Waals surface area contributed by atoms with E-state index in [-0.39, 0.29) is 18.3 Å². The fraction of sp³-hybridized carbons (Fsp3) is 0.500. The lowest BCUT2D eigenvalue weighted by atomic mass is 9.97. The first-order valence-electron chi connectivity index (χ1n) is 8.02. The zero-order valence-corrected chi connectivity index (χ0v) is 15.0. The number of amides is 2. The van der Waals surface area contributed by atoms with Crippen LogP contribution in [0.1, 0.15) is 29.1 Å². The number of nitrogens with zero attached hydrogens (tertiary/aromatic N) is 3. The molecule has 24 heavy (non-hydrogen) atoms. The van der Waals surface area contributed by atoms with E-state index in [9.17, 15) is 9.59 Å². The number of rotatable bonds is 3. The lowest BCUT2D eigenvalue weighted by Crippen LogP contribution is -2.33. The molecule has 6 nitrogen and oxygen atoms in total. The number of hydrogen-bond donors (Lipinski definition) is 0. The van der Waals surface area contributed by atoms with Gasteiger partial charge in [0.2, 0.25) is 5.91 Å². The highest BCUT2D eigenvalue weighted by Crippen LogP contribution is 2.39. The molecule has 2 aromatic rings. The van der Waals surface area contributed by atoms with Gasteiger partial charge >= 0.3 is 6.09 Å². The summed E-state index contributed by atoms with van der Waals surface area (Å²) in [5.74, 6) is 0.679. The highest BCUT2D eigenvalue weighted by molar-refractivity contribution is 8.00. The molecule has 0 atom stereocenters. The van der Waals surface area contributed by atoms with Crippen LogP contribution < -0.4 is 0 Å². The van der Waals surface area contributed by atoms with Gasteiger partial charge in [-0.05, 0) is 38.2 Å². The number of fused-ring (bicyclic) bond motifs is 3. The summed E-state index contributed by atoms with van der Waals surface area (Å²) < 4.78 is 4.82. The molecule has 0 N–H and O–H groups in total. The molecule has 3 heterocycles. The molecule has 0 saturated carbocycles. The van der Waals surface area contributed by atoms with Gasteiger partial charge in [0.1, 0.15) is 22.3 Å². The first-order valence-corrected chi connectivity index (χ1v) is 9.82. The fourth-order valence-electron chi connectivity index (χ4n) is 3.16. The zero-order valence-electron chi connectivity index (χ0n) is 13.3. The molecular formula is C16H17N3O3S2. The molecule has 0 aromatic carbocycles. The van der Waals surface area contributed by atoms with Crippen molar-refractivity contribution in [3.63, 3.8) is 0 Å². The Morgan fingerprint density at radius 2 is 2.17 bits per heavy atom. The summed E-state index contributed by atoms with van der Waals surface area (Å²) in [7, 11) is 0. The molecule has 2 amide bonds. The van der Waals surface area contributed by atoms with Crippen LogP contribution in [0.2, 0.25) is 0 Å². The number of aromatic nitrogens is 2. The topological polar surface area (TPSA) is 72.4 Å². The van der Waals surface area contributed by atoms with Crippen LogP contribution in [-0.2, 0) is 22.4 Å². The van der Waals surface area contributed by atoms with Crippen LogP contribution >= 0.6 is 23.1 Å². The van der Waals surface area contributed by atoms with Crippen molar-refractivity contribution in [3.8, 4) is 0 Å². The average molecular weight is 363 g/mol. The minimum Gasteiger partial charge on any atom is -0.447 e. The number of aryl methyl sites for hydroxylation is 3. The summed E-state index contributed by atoms with van der Waals surface area (Å²) in [6.07, 6.45) is 4.04. The second kappa shape index (κ2) is 6.33. The van der Waals surface area contributed by atoms with Crippen molar-refractivity contribution in [1.82, 2.24) is 14.9 Å². The number of hydrogen-bond acceptors (Lipinski definition) is 7. The van der Waals surface area contributed by atoms with Gasteiger partial charge in [-0.2, -0.15) is 0 Å². The van der Waals surface area contributed by atoms with Gasteiger partial charge in [-0.25, -0.2) is 19.7 Å². The highest BCUT2D eigenvalue weighted by Gasteiger charge is 2.29. The third kappa shape index (κ3) is 2.77. The number of carbonyl (C=O) groups is 2. The summed E-state index contributed by atoms with van der Waals surface area (Å²) in [5.41, 5.74) is 1.36. The Kier molecular flexibility index (Phi) is 4.17. The van der Waals surface area contributed by atoms with Gasteiger partial charge in [0, 0.05) is 10.3 Å². The average Bonchev–Trinajstić information content (AvgIpc) is 3.15. The Morgan fingerprint density at radius 1 is 1.33 bits per heavy atom. The third-order valence-electron chi connectivity index (χ3n) is 4.29.